The molecule has 0 aliphatic heterocycles. The van der Waals surface area contributed by atoms with Gasteiger partial charge in [-0.15, -0.1) is 0 Å². The van der Waals surface area contributed by atoms with Gasteiger partial charge in [0.15, 0.2) is 0 Å². The zero-order valence-electron chi connectivity index (χ0n) is 11.7. The van der Waals surface area contributed by atoms with Gasteiger partial charge in [0.1, 0.15) is 5.76 Å². The topological polar surface area (TPSA) is 94.5 Å². The summed E-state index contributed by atoms with van der Waals surface area (Å²) in [6.45, 7) is 0.565. The van der Waals surface area contributed by atoms with Crippen LogP contribution in [0.15, 0.2) is 22.8 Å². The van der Waals surface area contributed by atoms with E-state index in [1.165, 1.54) is 11.2 Å². The highest BCUT2D eigenvalue weighted by Gasteiger charge is 2.39. The lowest BCUT2D eigenvalue weighted by atomic mass is 9.94. The number of rotatable bonds is 6. The van der Waals surface area contributed by atoms with Crippen LogP contribution in [0.5, 0.6) is 0 Å². The summed E-state index contributed by atoms with van der Waals surface area (Å²) in [7, 11) is 0. The largest absolute Gasteiger partial charge is 0.481 e. The van der Waals surface area contributed by atoms with Crippen LogP contribution in [0, 0.1) is 23.2 Å². The number of carbonyl (C=O) groups is 2. The smallest absolute Gasteiger partial charge is 0.307 e. The first-order valence-electron chi connectivity index (χ1n) is 7.04. The highest BCUT2D eigenvalue weighted by molar-refractivity contribution is 5.85. The summed E-state index contributed by atoms with van der Waals surface area (Å²) in [6.07, 6.45) is 3.63. The molecule has 1 amide bonds. The second kappa shape index (κ2) is 6.93. The van der Waals surface area contributed by atoms with E-state index in [1.54, 1.807) is 12.1 Å². The average Bonchev–Trinajstić information content (AvgIpc) is 3.13. The number of hydrogen-bond acceptors (Lipinski definition) is 4. The number of nitriles is 1. The maximum absolute atomic E-state index is 12.6. The van der Waals surface area contributed by atoms with Crippen LogP contribution in [-0.2, 0) is 16.1 Å². The highest BCUT2D eigenvalue weighted by atomic mass is 16.4. The minimum absolute atomic E-state index is 0.188. The Bertz CT molecular complexity index is 532. The quantitative estimate of drug-likeness (QED) is 0.864. The average molecular weight is 290 g/mol. The summed E-state index contributed by atoms with van der Waals surface area (Å²) in [5.74, 6) is -1.57. The molecule has 0 radical (unpaired) electrons. The Labute approximate surface area is 123 Å². The van der Waals surface area contributed by atoms with Crippen molar-refractivity contribution in [3.05, 3.63) is 24.2 Å². The summed E-state index contributed by atoms with van der Waals surface area (Å²) < 4.78 is 5.24. The van der Waals surface area contributed by atoms with Crippen molar-refractivity contribution in [1.29, 1.82) is 5.26 Å². The van der Waals surface area contributed by atoms with E-state index in [2.05, 4.69) is 0 Å². The van der Waals surface area contributed by atoms with Crippen molar-refractivity contribution >= 4 is 11.9 Å². The molecule has 1 heterocycles. The zero-order valence-corrected chi connectivity index (χ0v) is 11.7. The van der Waals surface area contributed by atoms with Gasteiger partial charge >= 0.3 is 5.97 Å². The summed E-state index contributed by atoms with van der Waals surface area (Å²) in [4.78, 5) is 25.4. The third kappa shape index (κ3) is 3.63. The van der Waals surface area contributed by atoms with E-state index in [-0.39, 0.29) is 18.9 Å². The van der Waals surface area contributed by atoms with Gasteiger partial charge in [0.05, 0.1) is 37.1 Å². The molecule has 0 aromatic carbocycles. The lowest BCUT2D eigenvalue weighted by Crippen LogP contribution is -2.39. The molecule has 2 rings (SSSR count). The minimum Gasteiger partial charge on any atom is -0.481 e. The van der Waals surface area contributed by atoms with Crippen LogP contribution in [-0.4, -0.2) is 28.4 Å². The fraction of sp³-hybridized carbons (Fsp3) is 0.533. The van der Waals surface area contributed by atoms with E-state index < -0.39 is 17.8 Å². The normalized spacial score (nSPS) is 20.9. The van der Waals surface area contributed by atoms with E-state index in [4.69, 9.17) is 9.68 Å². The van der Waals surface area contributed by atoms with Crippen LogP contribution >= 0.6 is 0 Å². The van der Waals surface area contributed by atoms with Crippen LogP contribution in [0.25, 0.3) is 0 Å². The molecule has 2 unspecified atom stereocenters. The molecule has 112 valence electrons. The Kier molecular flexibility index (Phi) is 4.99. The number of aliphatic carboxylic acids is 1. The van der Waals surface area contributed by atoms with Gasteiger partial charge in [-0.2, -0.15) is 5.26 Å². The van der Waals surface area contributed by atoms with Gasteiger partial charge in [0, 0.05) is 6.54 Å². The first-order valence-corrected chi connectivity index (χ1v) is 7.04. The molecule has 0 bridgehead atoms. The van der Waals surface area contributed by atoms with Crippen molar-refractivity contribution in [1.82, 2.24) is 4.90 Å². The molecule has 2 atom stereocenters. The minimum atomic E-state index is -0.913. The predicted octanol–water partition coefficient (Wildman–Crippen LogP) is 2.02. The van der Waals surface area contributed by atoms with Crippen LogP contribution in [0.3, 0.4) is 0 Å². The molecule has 1 fully saturated rings. The Hall–Kier alpha value is -2.29. The van der Waals surface area contributed by atoms with Crippen LogP contribution in [0.2, 0.25) is 0 Å². The van der Waals surface area contributed by atoms with Crippen molar-refractivity contribution in [2.45, 2.75) is 32.2 Å². The molecule has 0 spiro atoms. The molecule has 1 saturated carbocycles. The Morgan fingerprint density at radius 1 is 1.43 bits per heavy atom. The van der Waals surface area contributed by atoms with Gasteiger partial charge < -0.3 is 14.4 Å². The maximum Gasteiger partial charge on any atom is 0.307 e. The maximum atomic E-state index is 12.6. The second-order valence-corrected chi connectivity index (χ2v) is 5.23. The van der Waals surface area contributed by atoms with E-state index in [0.29, 0.717) is 25.1 Å². The van der Waals surface area contributed by atoms with E-state index >= 15 is 0 Å². The molecule has 1 aliphatic rings. The van der Waals surface area contributed by atoms with Gasteiger partial charge in [-0.25, -0.2) is 0 Å². The number of nitrogens with zero attached hydrogens (tertiary/aromatic N) is 2. The number of carboxylic acid groups (broad SMARTS) is 1. The molecular weight excluding hydrogens is 272 g/mol. The molecule has 1 aromatic rings. The summed E-state index contributed by atoms with van der Waals surface area (Å²) in [5.41, 5.74) is 0. The first kappa shape index (κ1) is 15.1. The third-order valence-corrected chi connectivity index (χ3v) is 3.88. The zero-order chi connectivity index (χ0) is 15.2. The van der Waals surface area contributed by atoms with Gasteiger partial charge in [0.25, 0.3) is 0 Å². The van der Waals surface area contributed by atoms with Gasteiger partial charge in [-0.1, -0.05) is 6.42 Å². The number of hydrogen-bond donors (Lipinski definition) is 1. The Morgan fingerprint density at radius 2 is 2.19 bits per heavy atom. The fourth-order valence-corrected chi connectivity index (χ4v) is 2.83. The fourth-order valence-electron chi connectivity index (χ4n) is 2.83. The van der Waals surface area contributed by atoms with E-state index in [0.717, 1.165) is 6.42 Å². The van der Waals surface area contributed by atoms with E-state index in [1.807, 2.05) is 6.07 Å². The van der Waals surface area contributed by atoms with Crippen molar-refractivity contribution in [2.75, 3.05) is 6.54 Å². The van der Waals surface area contributed by atoms with Crippen LogP contribution < -0.4 is 0 Å². The third-order valence-electron chi connectivity index (χ3n) is 3.88. The van der Waals surface area contributed by atoms with Gasteiger partial charge in [-0.3, -0.25) is 9.59 Å². The highest BCUT2D eigenvalue weighted by Crippen LogP contribution is 2.33. The molecule has 6 heteroatoms. The molecule has 1 aliphatic carbocycles. The van der Waals surface area contributed by atoms with Crippen LogP contribution in [0.1, 0.15) is 31.4 Å². The predicted molar refractivity (Wildman–Crippen MR) is 72.8 cm³/mol. The first-order chi connectivity index (χ1) is 10.1. The number of amides is 1. The Morgan fingerprint density at radius 3 is 2.81 bits per heavy atom. The number of carbonyl (C=O) groups excluding carboxylic acids is 1. The standard InChI is InChI=1S/C15H18N2O4/c16-7-3-8-17(10-11-4-2-9-21-11)14(18)12-5-1-6-13(12)15(19)20/h2,4,9,12-13H,1,3,5-6,8,10H2,(H,19,20). The number of furan rings is 1. The summed E-state index contributed by atoms with van der Waals surface area (Å²) >= 11 is 0. The lowest BCUT2D eigenvalue weighted by Gasteiger charge is -2.25. The monoisotopic (exact) mass is 290 g/mol. The van der Waals surface area contributed by atoms with Gasteiger partial charge in [-0.05, 0) is 25.0 Å². The van der Waals surface area contributed by atoms with Crippen molar-refractivity contribution < 1.29 is 19.1 Å². The van der Waals surface area contributed by atoms with Crippen LogP contribution in [0.4, 0.5) is 0 Å². The SMILES string of the molecule is N#CCCN(Cc1ccco1)C(=O)C1CCCC1C(=O)O. The molecule has 1 N–H and O–H groups in total. The molecule has 0 saturated heterocycles. The Balaban J connectivity index is 2.09. The van der Waals surface area contributed by atoms with Crippen molar-refractivity contribution in [3.63, 3.8) is 0 Å². The lowest BCUT2D eigenvalue weighted by molar-refractivity contribution is -0.149. The summed E-state index contributed by atoms with van der Waals surface area (Å²) in [5, 5.41) is 17.9. The van der Waals surface area contributed by atoms with Crippen molar-refractivity contribution in [3.8, 4) is 6.07 Å². The summed E-state index contributed by atoms with van der Waals surface area (Å²) in [6, 6.07) is 5.51. The molecular formula is C15H18N2O4. The van der Waals surface area contributed by atoms with E-state index in [9.17, 15) is 14.7 Å². The molecule has 1 aromatic heterocycles. The number of carboxylic acids is 1. The molecule has 6 nitrogen and oxygen atoms in total. The van der Waals surface area contributed by atoms with Crippen molar-refractivity contribution in [2.24, 2.45) is 11.8 Å². The second-order valence-electron chi connectivity index (χ2n) is 5.23. The van der Waals surface area contributed by atoms with Gasteiger partial charge in [0.2, 0.25) is 5.91 Å². The molecule has 21 heavy (non-hydrogen) atoms.